The van der Waals surface area contributed by atoms with Crippen molar-refractivity contribution in [2.24, 2.45) is 52.9 Å². The zero-order valence-electron chi connectivity index (χ0n) is 17.7. The molecule has 2 fully saturated rings. The molecule has 2 aliphatic rings. The third kappa shape index (κ3) is 4.80. The molecule has 2 heteroatoms. The predicted molar refractivity (Wildman–Crippen MR) is 110 cm³/mol. The Morgan fingerprint density at radius 3 is 1.92 bits per heavy atom. The van der Waals surface area contributed by atoms with Gasteiger partial charge in [-0.1, -0.05) is 60.3 Å². The first-order valence-corrected chi connectivity index (χ1v) is 11.5. The molecule has 25 heavy (non-hydrogen) atoms. The summed E-state index contributed by atoms with van der Waals surface area (Å²) in [5.41, 5.74) is 13.0. The summed E-state index contributed by atoms with van der Waals surface area (Å²) in [6.07, 6.45) is 11.8. The normalized spacial score (nSPS) is 42.1. The van der Waals surface area contributed by atoms with Gasteiger partial charge in [-0.2, -0.15) is 0 Å². The van der Waals surface area contributed by atoms with E-state index >= 15 is 0 Å². The fourth-order valence-electron chi connectivity index (χ4n) is 6.49. The minimum absolute atomic E-state index is 0.437. The number of hydrogen-bond acceptors (Lipinski definition) is 2. The van der Waals surface area contributed by atoms with Gasteiger partial charge in [0.05, 0.1) is 0 Å². The lowest BCUT2D eigenvalue weighted by Gasteiger charge is -2.49. The summed E-state index contributed by atoms with van der Waals surface area (Å²) >= 11 is 0. The monoisotopic (exact) mass is 350 g/mol. The molecule has 9 atom stereocenters. The lowest BCUT2D eigenvalue weighted by molar-refractivity contribution is 0.0135. The molecule has 2 saturated carbocycles. The van der Waals surface area contributed by atoms with E-state index in [1.807, 2.05) is 0 Å². The molecule has 148 valence electrons. The highest BCUT2D eigenvalue weighted by Gasteiger charge is 2.43. The molecular weight excluding hydrogens is 304 g/mol. The van der Waals surface area contributed by atoms with Gasteiger partial charge in [-0.15, -0.1) is 0 Å². The fourth-order valence-corrected chi connectivity index (χ4v) is 6.49. The van der Waals surface area contributed by atoms with Crippen molar-refractivity contribution in [3.8, 4) is 0 Å². The van der Waals surface area contributed by atoms with Gasteiger partial charge in [0.2, 0.25) is 0 Å². The van der Waals surface area contributed by atoms with Crippen molar-refractivity contribution in [3.63, 3.8) is 0 Å². The minimum atomic E-state index is 0.437. The maximum absolute atomic E-state index is 6.55. The van der Waals surface area contributed by atoms with Crippen LogP contribution in [0.3, 0.4) is 0 Å². The summed E-state index contributed by atoms with van der Waals surface area (Å²) in [5, 5.41) is 0. The van der Waals surface area contributed by atoms with Gasteiger partial charge in [0.15, 0.2) is 0 Å². The molecular formula is C23H46N2. The molecule has 0 aromatic carbocycles. The van der Waals surface area contributed by atoms with E-state index in [1.54, 1.807) is 0 Å². The number of rotatable bonds is 7. The maximum atomic E-state index is 6.55. The van der Waals surface area contributed by atoms with E-state index in [0.717, 1.165) is 41.4 Å². The molecule has 4 N–H and O–H groups in total. The molecule has 2 rings (SSSR count). The molecule has 0 amide bonds. The third-order valence-electron chi connectivity index (χ3n) is 8.36. The number of nitrogens with two attached hydrogens (primary N) is 2. The van der Waals surface area contributed by atoms with Crippen molar-refractivity contribution in [3.05, 3.63) is 0 Å². The standard InChI is InChI=1S/C23H46N2/c1-6-15(5)23(19-10-11-21(24)17(8-3)12-19)20-13-18(9-4)22(25)14-16(20)7-2/h15-23H,6-14,24-25H2,1-5H3. The molecule has 0 aromatic heterocycles. The van der Waals surface area contributed by atoms with Crippen LogP contribution in [-0.4, -0.2) is 12.1 Å². The molecule has 0 aromatic rings. The summed E-state index contributed by atoms with van der Waals surface area (Å²) < 4.78 is 0. The maximum Gasteiger partial charge on any atom is 0.00699 e. The second kappa shape index (κ2) is 9.74. The third-order valence-corrected chi connectivity index (χ3v) is 8.36. The van der Waals surface area contributed by atoms with Crippen molar-refractivity contribution in [1.29, 1.82) is 0 Å². The molecule has 9 unspecified atom stereocenters. The van der Waals surface area contributed by atoms with Crippen LogP contribution < -0.4 is 11.5 Å². The molecule has 0 aliphatic heterocycles. The van der Waals surface area contributed by atoms with Crippen molar-refractivity contribution in [1.82, 2.24) is 0 Å². The molecule has 0 spiro atoms. The fraction of sp³-hybridized carbons (Fsp3) is 1.00. The van der Waals surface area contributed by atoms with Crippen LogP contribution in [0.25, 0.3) is 0 Å². The van der Waals surface area contributed by atoms with Gasteiger partial charge in [-0.05, 0) is 73.5 Å². The van der Waals surface area contributed by atoms with Gasteiger partial charge < -0.3 is 11.5 Å². The van der Waals surface area contributed by atoms with E-state index in [-0.39, 0.29) is 0 Å². The van der Waals surface area contributed by atoms with Crippen molar-refractivity contribution in [2.75, 3.05) is 0 Å². The molecule has 2 aliphatic carbocycles. The summed E-state index contributed by atoms with van der Waals surface area (Å²) in [7, 11) is 0. The SMILES string of the molecule is CCC(C)C(C1CCC(N)C(CC)C1)C1CC(CC)C(N)CC1CC. The van der Waals surface area contributed by atoms with Crippen molar-refractivity contribution in [2.45, 2.75) is 104 Å². The van der Waals surface area contributed by atoms with Gasteiger partial charge in [-0.3, -0.25) is 0 Å². The van der Waals surface area contributed by atoms with Crippen LogP contribution in [0.1, 0.15) is 92.4 Å². The predicted octanol–water partition coefficient (Wildman–Crippen LogP) is 5.59. The second-order valence-electron chi connectivity index (χ2n) is 9.50. The molecule has 2 nitrogen and oxygen atoms in total. The van der Waals surface area contributed by atoms with E-state index in [2.05, 4.69) is 34.6 Å². The van der Waals surface area contributed by atoms with Gasteiger partial charge in [-0.25, -0.2) is 0 Å². The van der Waals surface area contributed by atoms with E-state index in [9.17, 15) is 0 Å². The average molecular weight is 351 g/mol. The smallest absolute Gasteiger partial charge is 0.00699 e. The number of hydrogen-bond donors (Lipinski definition) is 2. The van der Waals surface area contributed by atoms with Gasteiger partial charge in [0, 0.05) is 12.1 Å². The van der Waals surface area contributed by atoms with E-state index in [0.29, 0.717) is 12.1 Å². The van der Waals surface area contributed by atoms with Crippen LogP contribution in [0, 0.1) is 41.4 Å². The molecule has 0 saturated heterocycles. The quantitative estimate of drug-likeness (QED) is 0.628. The highest BCUT2D eigenvalue weighted by Crippen LogP contribution is 2.49. The van der Waals surface area contributed by atoms with Crippen LogP contribution in [0.2, 0.25) is 0 Å². The van der Waals surface area contributed by atoms with Gasteiger partial charge in [0.25, 0.3) is 0 Å². The topological polar surface area (TPSA) is 52.0 Å². The van der Waals surface area contributed by atoms with E-state index in [1.165, 1.54) is 57.8 Å². The summed E-state index contributed by atoms with van der Waals surface area (Å²) in [5.74, 6) is 5.84. The zero-order chi connectivity index (χ0) is 18.6. The van der Waals surface area contributed by atoms with Crippen LogP contribution >= 0.6 is 0 Å². The summed E-state index contributed by atoms with van der Waals surface area (Å²) in [6, 6.07) is 0.885. The first-order chi connectivity index (χ1) is 12.0. The lowest BCUT2D eigenvalue weighted by Crippen LogP contribution is -2.47. The van der Waals surface area contributed by atoms with E-state index in [4.69, 9.17) is 11.5 Å². The zero-order valence-corrected chi connectivity index (χ0v) is 17.7. The highest BCUT2D eigenvalue weighted by molar-refractivity contribution is 4.95. The Kier molecular flexibility index (Phi) is 8.27. The van der Waals surface area contributed by atoms with Crippen LogP contribution in [0.15, 0.2) is 0 Å². The second-order valence-corrected chi connectivity index (χ2v) is 9.50. The first kappa shape index (κ1) is 21.2. The Hall–Kier alpha value is -0.0800. The van der Waals surface area contributed by atoms with Crippen LogP contribution in [0.4, 0.5) is 0 Å². The average Bonchev–Trinajstić information content (AvgIpc) is 2.63. The molecule has 0 radical (unpaired) electrons. The molecule has 0 heterocycles. The van der Waals surface area contributed by atoms with Crippen LogP contribution in [0.5, 0.6) is 0 Å². The lowest BCUT2D eigenvalue weighted by atomic mass is 9.57. The Morgan fingerprint density at radius 1 is 0.760 bits per heavy atom. The summed E-state index contributed by atoms with van der Waals surface area (Å²) in [4.78, 5) is 0. The van der Waals surface area contributed by atoms with Gasteiger partial charge in [0.1, 0.15) is 0 Å². The van der Waals surface area contributed by atoms with E-state index < -0.39 is 0 Å². The Balaban J connectivity index is 2.23. The Bertz CT molecular complexity index is 382. The Labute approximate surface area is 157 Å². The highest BCUT2D eigenvalue weighted by atomic mass is 14.7. The van der Waals surface area contributed by atoms with Crippen molar-refractivity contribution < 1.29 is 0 Å². The summed E-state index contributed by atoms with van der Waals surface area (Å²) in [6.45, 7) is 12.0. The Morgan fingerprint density at radius 2 is 1.36 bits per heavy atom. The van der Waals surface area contributed by atoms with Gasteiger partial charge >= 0.3 is 0 Å². The first-order valence-electron chi connectivity index (χ1n) is 11.5. The van der Waals surface area contributed by atoms with Crippen molar-refractivity contribution >= 4 is 0 Å². The minimum Gasteiger partial charge on any atom is -0.327 e. The van der Waals surface area contributed by atoms with Crippen LogP contribution in [-0.2, 0) is 0 Å². The molecule has 0 bridgehead atoms. The largest absolute Gasteiger partial charge is 0.327 e.